The molecular formula is C13H25N3O2. The van der Waals surface area contributed by atoms with E-state index < -0.39 is 0 Å². The summed E-state index contributed by atoms with van der Waals surface area (Å²) in [5.41, 5.74) is -0.357. The summed E-state index contributed by atoms with van der Waals surface area (Å²) >= 11 is 0. The lowest BCUT2D eigenvalue weighted by atomic mass is 9.74. The van der Waals surface area contributed by atoms with Crippen molar-refractivity contribution in [1.29, 1.82) is 0 Å². The average molecular weight is 255 g/mol. The maximum Gasteiger partial charge on any atom is 0.226 e. The van der Waals surface area contributed by atoms with Crippen molar-refractivity contribution in [2.24, 2.45) is 11.3 Å². The zero-order valence-corrected chi connectivity index (χ0v) is 11.6. The van der Waals surface area contributed by atoms with E-state index in [0.29, 0.717) is 19.0 Å². The molecule has 1 unspecified atom stereocenters. The van der Waals surface area contributed by atoms with Crippen LogP contribution in [0.4, 0.5) is 0 Å². The molecule has 3 N–H and O–H groups in total. The summed E-state index contributed by atoms with van der Waals surface area (Å²) in [6.45, 7) is 8.40. The second kappa shape index (κ2) is 6.73. The lowest BCUT2D eigenvalue weighted by molar-refractivity contribution is -0.132. The van der Waals surface area contributed by atoms with Gasteiger partial charge in [-0.15, -0.1) is 0 Å². The molecule has 0 aliphatic carbocycles. The van der Waals surface area contributed by atoms with Gasteiger partial charge in [-0.05, 0) is 31.8 Å². The van der Waals surface area contributed by atoms with Gasteiger partial charge in [-0.1, -0.05) is 13.8 Å². The standard InChI is InChI=1S/C13H25N3O2/c1-10(17)15-7-8-16-12(18)13(2,3)11-5-4-6-14-9-11/h11,14H,4-9H2,1-3H3,(H,15,17)(H,16,18). The molecule has 0 aromatic carbocycles. The average Bonchev–Trinajstić information content (AvgIpc) is 2.35. The molecule has 0 aromatic heterocycles. The van der Waals surface area contributed by atoms with Crippen LogP contribution in [0.15, 0.2) is 0 Å². The van der Waals surface area contributed by atoms with E-state index in [9.17, 15) is 9.59 Å². The molecule has 0 aromatic rings. The predicted octanol–water partition coefficient (Wildman–Crippen LogP) is 0.265. The van der Waals surface area contributed by atoms with Gasteiger partial charge in [-0.3, -0.25) is 9.59 Å². The Bertz CT molecular complexity index is 297. The third-order valence-electron chi connectivity index (χ3n) is 3.69. The van der Waals surface area contributed by atoms with Crippen LogP contribution in [0.2, 0.25) is 0 Å². The first kappa shape index (κ1) is 15.0. The van der Waals surface area contributed by atoms with Crippen molar-refractivity contribution >= 4 is 11.8 Å². The van der Waals surface area contributed by atoms with Crippen molar-refractivity contribution in [2.75, 3.05) is 26.2 Å². The minimum atomic E-state index is -0.357. The van der Waals surface area contributed by atoms with Crippen LogP contribution in [-0.4, -0.2) is 38.0 Å². The Hall–Kier alpha value is -1.10. The molecule has 1 rings (SSSR count). The number of hydrogen-bond acceptors (Lipinski definition) is 3. The van der Waals surface area contributed by atoms with Gasteiger partial charge in [0.2, 0.25) is 11.8 Å². The smallest absolute Gasteiger partial charge is 0.226 e. The fraction of sp³-hybridized carbons (Fsp3) is 0.846. The van der Waals surface area contributed by atoms with Gasteiger partial charge in [0, 0.05) is 25.4 Å². The molecule has 104 valence electrons. The summed E-state index contributed by atoms with van der Waals surface area (Å²) in [6.07, 6.45) is 2.23. The highest BCUT2D eigenvalue weighted by atomic mass is 16.2. The quantitative estimate of drug-likeness (QED) is 0.617. The predicted molar refractivity (Wildman–Crippen MR) is 71.1 cm³/mol. The fourth-order valence-corrected chi connectivity index (χ4v) is 2.30. The monoisotopic (exact) mass is 255 g/mol. The second-order valence-corrected chi connectivity index (χ2v) is 5.50. The van der Waals surface area contributed by atoms with Crippen molar-refractivity contribution in [3.8, 4) is 0 Å². The summed E-state index contributed by atoms with van der Waals surface area (Å²) in [5, 5.41) is 8.90. The molecule has 2 amide bonds. The van der Waals surface area contributed by atoms with E-state index in [1.54, 1.807) is 0 Å². The SMILES string of the molecule is CC(=O)NCCNC(=O)C(C)(C)C1CCCNC1. The number of piperidine rings is 1. The first-order chi connectivity index (χ1) is 8.44. The van der Waals surface area contributed by atoms with E-state index in [2.05, 4.69) is 16.0 Å². The summed E-state index contributed by atoms with van der Waals surface area (Å²) < 4.78 is 0. The first-order valence-electron chi connectivity index (χ1n) is 6.68. The van der Waals surface area contributed by atoms with Gasteiger partial charge < -0.3 is 16.0 Å². The number of nitrogens with one attached hydrogen (secondary N) is 3. The summed E-state index contributed by atoms with van der Waals surface area (Å²) in [4.78, 5) is 22.9. The third kappa shape index (κ3) is 4.29. The molecule has 5 heteroatoms. The Balaban J connectivity index is 2.36. The summed E-state index contributed by atoms with van der Waals surface area (Å²) in [5.74, 6) is 0.383. The van der Waals surface area contributed by atoms with Gasteiger partial charge in [-0.25, -0.2) is 0 Å². The maximum absolute atomic E-state index is 12.2. The van der Waals surface area contributed by atoms with Crippen molar-refractivity contribution in [3.05, 3.63) is 0 Å². The van der Waals surface area contributed by atoms with Crippen molar-refractivity contribution < 1.29 is 9.59 Å². The Morgan fingerprint density at radius 2 is 1.94 bits per heavy atom. The number of amides is 2. The van der Waals surface area contributed by atoms with E-state index in [1.165, 1.54) is 6.92 Å². The van der Waals surface area contributed by atoms with Crippen LogP contribution in [0.25, 0.3) is 0 Å². The van der Waals surface area contributed by atoms with E-state index in [-0.39, 0.29) is 17.2 Å². The van der Waals surface area contributed by atoms with Crippen LogP contribution in [0.5, 0.6) is 0 Å². The van der Waals surface area contributed by atoms with Crippen LogP contribution < -0.4 is 16.0 Å². The number of carbonyl (C=O) groups is 2. The Labute approximate surface area is 109 Å². The van der Waals surface area contributed by atoms with Crippen LogP contribution >= 0.6 is 0 Å². The molecule has 0 radical (unpaired) electrons. The molecule has 18 heavy (non-hydrogen) atoms. The van der Waals surface area contributed by atoms with Crippen LogP contribution in [0.1, 0.15) is 33.6 Å². The second-order valence-electron chi connectivity index (χ2n) is 5.50. The minimum Gasteiger partial charge on any atom is -0.355 e. The molecule has 0 spiro atoms. The molecule has 0 bridgehead atoms. The Morgan fingerprint density at radius 1 is 1.28 bits per heavy atom. The van der Waals surface area contributed by atoms with E-state index in [0.717, 1.165) is 25.9 Å². The van der Waals surface area contributed by atoms with Gasteiger partial charge in [0.25, 0.3) is 0 Å². The Kier molecular flexibility index (Phi) is 5.59. The molecule has 1 fully saturated rings. The summed E-state index contributed by atoms with van der Waals surface area (Å²) in [7, 11) is 0. The highest BCUT2D eigenvalue weighted by molar-refractivity contribution is 5.82. The highest BCUT2D eigenvalue weighted by Gasteiger charge is 2.36. The normalized spacial score (nSPS) is 20.3. The number of rotatable bonds is 5. The highest BCUT2D eigenvalue weighted by Crippen LogP contribution is 2.31. The summed E-state index contributed by atoms with van der Waals surface area (Å²) in [6, 6.07) is 0. The van der Waals surface area contributed by atoms with E-state index in [4.69, 9.17) is 0 Å². The molecule has 0 saturated carbocycles. The number of carbonyl (C=O) groups excluding carboxylic acids is 2. The molecule has 1 atom stereocenters. The molecule has 1 aliphatic rings. The fourth-order valence-electron chi connectivity index (χ4n) is 2.30. The van der Waals surface area contributed by atoms with Crippen molar-refractivity contribution in [3.63, 3.8) is 0 Å². The lowest BCUT2D eigenvalue weighted by Crippen LogP contribution is -2.48. The van der Waals surface area contributed by atoms with Gasteiger partial charge in [0.15, 0.2) is 0 Å². The lowest BCUT2D eigenvalue weighted by Gasteiger charge is -2.36. The molecule has 1 aliphatic heterocycles. The van der Waals surface area contributed by atoms with Crippen LogP contribution in [-0.2, 0) is 9.59 Å². The minimum absolute atomic E-state index is 0.0695. The van der Waals surface area contributed by atoms with Gasteiger partial charge in [-0.2, -0.15) is 0 Å². The van der Waals surface area contributed by atoms with E-state index >= 15 is 0 Å². The van der Waals surface area contributed by atoms with Gasteiger partial charge >= 0.3 is 0 Å². The largest absolute Gasteiger partial charge is 0.355 e. The molecule has 1 heterocycles. The van der Waals surface area contributed by atoms with Crippen LogP contribution in [0.3, 0.4) is 0 Å². The zero-order chi connectivity index (χ0) is 13.6. The topological polar surface area (TPSA) is 70.2 Å². The third-order valence-corrected chi connectivity index (χ3v) is 3.69. The molecule has 1 saturated heterocycles. The van der Waals surface area contributed by atoms with Crippen molar-refractivity contribution in [1.82, 2.24) is 16.0 Å². The zero-order valence-electron chi connectivity index (χ0n) is 11.6. The van der Waals surface area contributed by atoms with Crippen LogP contribution in [0, 0.1) is 11.3 Å². The van der Waals surface area contributed by atoms with Crippen molar-refractivity contribution in [2.45, 2.75) is 33.6 Å². The van der Waals surface area contributed by atoms with E-state index in [1.807, 2.05) is 13.8 Å². The maximum atomic E-state index is 12.2. The molecular weight excluding hydrogens is 230 g/mol. The molecule has 5 nitrogen and oxygen atoms in total. The number of hydrogen-bond donors (Lipinski definition) is 3. The van der Waals surface area contributed by atoms with Gasteiger partial charge in [0.05, 0.1) is 0 Å². The first-order valence-corrected chi connectivity index (χ1v) is 6.68. The Morgan fingerprint density at radius 3 is 2.50 bits per heavy atom. The van der Waals surface area contributed by atoms with Gasteiger partial charge in [0.1, 0.15) is 0 Å².